The van der Waals surface area contributed by atoms with E-state index >= 15 is 0 Å². The lowest BCUT2D eigenvalue weighted by atomic mass is 10.0. The van der Waals surface area contributed by atoms with E-state index in [9.17, 15) is 4.79 Å². The molecule has 0 saturated heterocycles. The number of ether oxygens (including phenoxy) is 1. The molecule has 1 aromatic carbocycles. The molecule has 0 saturated carbocycles. The van der Waals surface area contributed by atoms with E-state index in [1.54, 1.807) is 6.07 Å². The van der Waals surface area contributed by atoms with Crippen LogP contribution in [-0.2, 0) is 13.0 Å². The fourth-order valence-corrected chi connectivity index (χ4v) is 4.97. The van der Waals surface area contributed by atoms with Crippen LogP contribution in [0.1, 0.15) is 38.7 Å². The third kappa shape index (κ3) is 4.03. The number of carbonyl (C=O) groups excluding carboxylic acids is 1. The van der Waals surface area contributed by atoms with Crippen molar-refractivity contribution in [1.82, 2.24) is 20.4 Å². The molecule has 0 unspecified atom stereocenters. The number of benzene rings is 1. The number of hydrogen-bond acceptors (Lipinski definition) is 8. The monoisotopic (exact) mass is 449 g/mol. The second kappa shape index (κ2) is 8.58. The maximum absolute atomic E-state index is 12.8. The van der Waals surface area contributed by atoms with Crippen LogP contribution < -0.4 is 15.4 Å². The van der Waals surface area contributed by atoms with Crippen molar-refractivity contribution in [2.75, 3.05) is 11.9 Å². The quantitative estimate of drug-likeness (QED) is 0.458. The Balaban J connectivity index is 1.30. The number of thiophene rings is 1. The zero-order valence-electron chi connectivity index (χ0n) is 17.8. The van der Waals surface area contributed by atoms with E-state index < -0.39 is 0 Å². The van der Waals surface area contributed by atoms with E-state index in [1.165, 1.54) is 23.2 Å². The van der Waals surface area contributed by atoms with E-state index in [0.717, 1.165) is 45.9 Å². The number of carbonyl (C=O) groups is 1. The number of fused-ring (bicyclic) bond motifs is 2. The van der Waals surface area contributed by atoms with Crippen LogP contribution in [0, 0.1) is 13.8 Å². The van der Waals surface area contributed by atoms with Crippen LogP contribution in [-0.4, -0.2) is 33.7 Å². The summed E-state index contributed by atoms with van der Waals surface area (Å²) in [5.74, 6) is 2.12. The molecule has 5 rings (SSSR count). The number of rotatable bonds is 6. The number of para-hydroxylation sites is 1. The van der Waals surface area contributed by atoms with Crippen LogP contribution in [0.2, 0.25) is 0 Å². The Morgan fingerprint density at radius 3 is 2.97 bits per heavy atom. The lowest BCUT2D eigenvalue weighted by molar-refractivity contribution is 0.0950. The molecule has 0 radical (unpaired) electrons. The third-order valence-corrected chi connectivity index (χ3v) is 6.73. The number of hydrogen-bond donors (Lipinski definition) is 2. The Labute approximate surface area is 189 Å². The van der Waals surface area contributed by atoms with Gasteiger partial charge in [0.15, 0.2) is 5.76 Å². The molecule has 4 aromatic rings. The number of anilines is 1. The molecule has 164 valence electrons. The number of amides is 1. The summed E-state index contributed by atoms with van der Waals surface area (Å²) in [5, 5.41) is 11.0. The first-order valence-electron chi connectivity index (χ1n) is 10.5. The second-order valence-electron chi connectivity index (χ2n) is 7.84. The highest BCUT2D eigenvalue weighted by atomic mass is 32.1. The van der Waals surface area contributed by atoms with Gasteiger partial charge in [-0.05, 0) is 43.9 Å². The SMILES string of the molecule is Cc1cc(CNC(=O)c2sc3ncnc(NC[C@H]4CCc5ccccc5O4)c3c2C)on1. The van der Waals surface area contributed by atoms with E-state index in [2.05, 4.69) is 31.8 Å². The smallest absolute Gasteiger partial charge is 0.262 e. The van der Waals surface area contributed by atoms with Crippen LogP contribution in [0.4, 0.5) is 5.82 Å². The summed E-state index contributed by atoms with van der Waals surface area (Å²) >= 11 is 1.36. The Bertz CT molecular complexity index is 1280. The van der Waals surface area contributed by atoms with Gasteiger partial charge < -0.3 is 19.9 Å². The first-order valence-corrected chi connectivity index (χ1v) is 11.3. The average Bonchev–Trinajstić information content (AvgIpc) is 3.39. The van der Waals surface area contributed by atoms with Gasteiger partial charge in [0.1, 0.15) is 28.8 Å². The molecule has 0 bridgehead atoms. The van der Waals surface area contributed by atoms with Crippen molar-refractivity contribution >= 4 is 33.3 Å². The number of nitrogens with zero attached hydrogens (tertiary/aromatic N) is 3. The molecule has 1 atom stereocenters. The highest BCUT2D eigenvalue weighted by Crippen LogP contribution is 2.34. The summed E-state index contributed by atoms with van der Waals surface area (Å²) in [6.07, 6.45) is 3.52. The van der Waals surface area contributed by atoms with Gasteiger partial charge in [0.2, 0.25) is 0 Å². The van der Waals surface area contributed by atoms with Crippen LogP contribution in [0.3, 0.4) is 0 Å². The lowest BCUT2D eigenvalue weighted by Crippen LogP contribution is -2.30. The zero-order chi connectivity index (χ0) is 22.1. The fraction of sp³-hybridized carbons (Fsp3) is 0.304. The zero-order valence-corrected chi connectivity index (χ0v) is 18.7. The highest BCUT2D eigenvalue weighted by Gasteiger charge is 2.22. The minimum absolute atomic E-state index is 0.0574. The van der Waals surface area contributed by atoms with Gasteiger partial charge in [-0.3, -0.25) is 4.79 Å². The summed E-state index contributed by atoms with van der Waals surface area (Å²) in [7, 11) is 0. The topological polar surface area (TPSA) is 102 Å². The second-order valence-corrected chi connectivity index (χ2v) is 8.84. The molecule has 4 heterocycles. The summed E-state index contributed by atoms with van der Waals surface area (Å²) < 4.78 is 11.3. The van der Waals surface area contributed by atoms with Crippen molar-refractivity contribution in [3.63, 3.8) is 0 Å². The van der Waals surface area contributed by atoms with Gasteiger partial charge in [-0.25, -0.2) is 9.97 Å². The molecule has 1 aliphatic heterocycles. The first-order chi connectivity index (χ1) is 15.6. The summed E-state index contributed by atoms with van der Waals surface area (Å²) in [6, 6.07) is 9.96. The molecule has 9 heteroatoms. The van der Waals surface area contributed by atoms with Crippen molar-refractivity contribution < 1.29 is 14.1 Å². The van der Waals surface area contributed by atoms with Crippen LogP contribution in [0.15, 0.2) is 41.2 Å². The van der Waals surface area contributed by atoms with Gasteiger partial charge in [-0.15, -0.1) is 11.3 Å². The first kappa shape index (κ1) is 20.4. The molecule has 1 amide bonds. The van der Waals surface area contributed by atoms with Crippen molar-refractivity contribution in [2.45, 2.75) is 39.3 Å². The molecule has 32 heavy (non-hydrogen) atoms. The van der Waals surface area contributed by atoms with Gasteiger partial charge in [-0.1, -0.05) is 23.4 Å². The van der Waals surface area contributed by atoms with Gasteiger partial charge in [-0.2, -0.15) is 0 Å². The Hall–Kier alpha value is -3.46. The third-order valence-electron chi connectivity index (χ3n) is 5.53. The van der Waals surface area contributed by atoms with Crippen molar-refractivity contribution in [3.05, 3.63) is 64.1 Å². The van der Waals surface area contributed by atoms with Crippen molar-refractivity contribution in [1.29, 1.82) is 0 Å². The highest BCUT2D eigenvalue weighted by molar-refractivity contribution is 7.20. The maximum atomic E-state index is 12.8. The average molecular weight is 450 g/mol. The van der Waals surface area contributed by atoms with E-state index in [4.69, 9.17) is 9.26 Å². The van der Waals surface area contributed by atoms with Crippen molar-refractivity contribution in [2.24, 2.45) is 0 Å². The predicted octanol–water partition coefficient (Wildman–Crippen LogP) is 4.03. The molecular formula is C23H23N5O3S. The van der Waals surface area contributed by atoms with Gasteiger partial charge >= 0.3 is 0 Å². The molecule has 2 N–H and O–H groups in total. The molecule has 0 fully saturated rings. The van der Waals surface area contributed by atoms with Gasteiger partial charge in [0.05, 0.1) is 29.0 Å². The lowest BCUT2D eigenvalue weighted by Gasteiger charge is -2.26. The fourth-order valence-electron chi connectivity index (χ4n) is 3.90. The largest absolute Gasteiger partial charge is 0.488 e. The number of nitrogens with one attached hydrogen (secondary N) is 2. The Morgan fingerprint density at radius 1 is 1.25 bits per heavy atom. The molecule has 3 aromatic heterocycles. The molecule has 0 aliphatic carbocycles. The molecule has 8 nitrogen and oxygen atoms in total. The van der Waals surface area contributed by atoms with E-state index in [1.807, 2.05) is 32.0 Å². The van der Waals surface area contributed by atoms with Crippen LogP contribution in [0.5, 0.6) is 5.75 Å². The minimum Gasteiger partial charge on any atom is -0.488 e. The summed E-state index contributed by atoms with van der Waals surface area (Å²) in [5.41, 5.74) is 2.89. The van der Waals surface area contributed by atoms with Crippen LogP contribution >= 0.6 is 11.3 Å². The maximum Gasteiger partial charge on any atom is 0.262 e. The molecule has 0 spiro atoms. The summed E-state index contributed by atoms with van der Waals surface area (Å²) in [4.78, 5) is 23.0. The standard InChI is InChI=1S/C23H23N5O3S/c1-13-9-17(31-28-13)11-25-22(29)20-14(2)19-21(26-12-27-23(19)32-20)24-10-16-8-7-15-5-3-4-6-18(15)30-16/h3-6,9,12,16H,7-8,10-11H2,1-2H3,(H,25,29)(H,24,26,27)/t16-/m1/s1. The van der Waals surface area contributed by atoms with E-state index in [0.29, 0.717) is 17.2 Å². The number of aromatic nitrogens is 3. The normalized spacial score (nSPS) is 15.2. The Kier molecular flexibility index (Phi) is 5.48. The van der Waals surface area contributed by atoms with E-state index in [-0.39, 0.29) is 18.6 Å². The predicted molar refractivity (Wildman–Crippen MR) is 122 cm³/mol. The van der Waals surface area contributed by atoms with Crippen LogP contribution in [0.25, 0.3) is 10.2 Å². The molecular weight excluding hydrogens is 426 g/mol. The summed E-state index contributed by atoms with van der Waals surface area (Å²) in [6.45, 7) is 4.68. The Morgan fingerprint density at radius 2 is 2.12 bits per heavy atom. The molecule has 1 aliphatic rings. The van der Waals surface area contributed by atoms with Crippen molar-refractivity contribution in [3.8, 4) is 5.75 Å². The minimum atomic E-state index is -0.169. The van der Waals surface area contributed by atoms with Gasteiger partial charge in [0, 0.05) is 6.07 Å². The van der Waals surface area contributed by atoms with Gasteiger partial charge in [0.25, 0.3) is 5.91 Å². The number of aryl methyl sites for hydroxylation is 3.